The van der Waals surface area contributed by atoms with Crippen LogP contribution in [0.4, 0.5) is 0 Å². The molecule has 6 heteroatoms. The Labute approximate surface area is 106 Å². The lowest BCUT2D eigenvalue weighted by Crippen LogP contribution is -2.41. The van der Waals surface area contributed by atoms with Crippen LogP contribution in [-0.2, 0) is 10.0 Å². The highest BCUT2D eigenvalue weighted by molar-refractivity contribution is 7.91. The summed E-state index contributed by atoms with van der Waals surface area (Å²) < 4.78 is 26.9. The zero-order valence-electron chi connectivity index (χ0n) is 9.71. The van der Waals surface area contributed by atoms with Crippen molar-refractivity contribution in [2.45, 2.75) is 35.9 Å². The third kappa shape index (κ3) is 2.70. The maximum Gasteiger partial charge on any atom is 0.252 e. The smallest absolute Gasteiger partial charge is 0.252 e. The SMILES string of the molecule is NCCN(C1CCCC1)S(=O)(=O)c1cccs1. The van der Waals surface area contributed by atoms with Gasteiger partial charge < -0.3 is 5.73 Å². The number of hydrogen-bond donors (Lipinski definition) is 1. The second-order valence-corrected chi connectivity index (χ2v) is 7.34. The summed E-state index contributed by atoms with van der Waals surface area (Å²) in [5, 5.41) is 1.79. The Balaban J connectivity index is 2.26. The fourth-order valence-corrected chi connectivity index (χ4v) is 5.16. The second-order valence-electron chi connectivity index (χ2n) is 4.27. The van der Waals surface area contributed by atoms with E-state index in [0.29, 0.717) is 17.3 Å². The molecule has 96 valence electrons. The molecule has 0 amide bonds. The van der Waals surface area contributed by atoms with Crippen LogP contribution >= 0.6 is 11.3 Å². The van der Waals surface area contributed by atoms with Gasteiger partial charge in [-0.3, -0.25) is 0 Å². The topological polar surface area (TPSA) is 63.4 Å². The highest BCUT2D eigenvalue weighted by Crippen LogP contribution is 2.29. The van der Waals surface area contributed by atoms with Gasteiger partial charge in [-0.2, -0.15) is 4.31 Å². The summed E-state index contributed by atoms with van der Waals surface area (Å²) >= 11 is 1.27. The summed E-state index contributed by atoms with van der Waals surface area (Å²) in [6.07, 6.45) is 4.16. The van der Waals surface area contributed by atoms with E-state index in [1.54, 1.807) is 21.8 Å². The zero-order valence-corrected chi connectivity index (χ0v) is 11.3. The minimum atomic E-state index is -3.33. The highest BCUT2D eigenvalue weighted by atomic mass is 32.2. The van der Waals surface area contributed by atoms with E-state index in [1.165, 1.54) is 11.3 Å². The minimum Gasteiger partial charge on any atom is -0.329 e. The molecule has 0 bridgehead atoms. The number of hydrogen-bond acceptors (Lipinski definition) is 4. The summed E-state index contributed by atoms with van der Waals surface area (Å²) in [6.45, 7) is 0.798. The van der Waals surface area contributed by atoms with Crippen molar-refractivity contribution < 1.29 is 8.42 Å². The first kappa shape index (κ1) is 13.0. The highest BCUT2D eigenvalue weighted by Gasteiger charge is 2.33. The van der Waals surface area contributed by atoms with Gasteiger partial charge in [0.2, 0.25) is 0 Å². The molecule has 2 rings (SSSR count). The van der Waals surface area contributed by atoms with E-state index in [0.717, 1.165) is 25.7 Å². The molecule has 1 aromatic heterocycles. The Morgan fingerprint density at radius 3 is 2.65 bits per heavy atom. The van der Waals surface area contributed by atoms with Crippen LogP contribution in [0, 0.1) is 0 Å². The van der Waals surface area contributed by atoms with Gasteiger partial charge in [0.05, 0.1) is 0 Å². The minimum absolute atomic E-state index is 0.144. The molecule has 1 heterocycles. The molecule has 0 unspecified atom stereocenters. The van der Waals surface area contributed by atoms with Crippen molar-refractivity contribution in [3.05, 3.63) is 17.5 Å². The Bertz CT molecular complexity index is 436. The maximum absolute atomic E-state index is 12.5. The van der Waals surface area contributed by atoms with Crippen molar-refractivity contribution in [2.24, 2.45) is 5.73 Å². The van der Waals surface area contributed by atoms with Gasteiger partial charge in [-0.05, 0) is 24.3 Å². The van der Waals surface area contributed by atoms with Gasteiger partial charge in [0, 0.05) is 19.1 Å². The predicted octanol–water partition coefficient (Wildman–Crippen LogP) is 1.64. The average Bonchev–Trinajstić information content (AvgIpc) is 2.97. The van der Waals surface area contributed by atoms with Crippen LogP contribution in [0.3, 0.4) is 0 Å². The summed E-state index contributed by atoms with van der Waals surface area (Å²) in [6, 6.07) is 3.58. The molecule has 0 saturated heterocycles. The molecule has 1 aliphatic carbocycles. The predicted molar refractivity (Wildman–Crippen MR) is 69.5 cm³/mol. The molecular weight excluding hydrogens is 256 g/mol. The fraction of sp³-hybridized carbons (Fsp3) is 0.636. The molecule has 0 atom stereocenters. The van der Waals surface area contributed by atoms with Gasteiger partial charge in [-0.15, -0.1) is 11.3 Å². The number of sulfonamides is 1. The number of nitrogens with zero attached hydrogens (tertiary/aromatic N) is 1. The van der Waals surface area contributed by atoms with E-state index in [4.69, 9.17) is 5.73 Å². The van der Waals surface area contributed by atoms with Crippen LogP contribution in [0.1, 0.15) is 25.7 Å². The molecule has 0 spiro atoms. The largest absolute Gasteiger partial charge is 0.329 e. The normalized spacial score (nSPS) is 18.0. The molecule has 0 radical (unpaired) electrons. The number of rotatable bonds is 5. The van der Waals surface area contributed by atoms with Gasteiger partial charge in [0.1, 0.15) is 4.21 Å². The van der Waals surface area contributed by atoms with Crippen LogP contribution in [0.2, 0.25) is 0 Å². The third-order valence-corrected chi connectivity index (χ3v) is 6.46. The van der Waals surface area contributed by atoms with Crippen LogP contribution in [0.25, 0.3) is 0 Å². The number of nitrogens with two attached hydrogens (primary N) is 1. The Morgan fingerprint density at radius 2 is 2.12 bits per heavy atom. The summed E-state index contributed by atoms with van der Waals surface area (Å²) in [5.74, 6) is 0. The van der Waals surface area contributed by atoms with E-state index in [9.17, 15) is 8.42 Å². The molecule has 1 fully saturated rings. The molecule has 1 aliphatic rings. The van der Waals surface area contributed by atoms with Gasteiger partial charge in [-0.1, -0.05) is 18.9 Å². The van der Waals surface area contributed by atoms with Crippen LogP contribution in [0.15, 0.2) is 21.7 Å². The van der Waals surface area contributed by atoms with E-state index in [-0.39, 0.29) is 6.04 Å². The molecule has 17 heavy (non-hydrogen) atoms. The molecular formula is C11H18N2O2S2. The quantitative estimate of drug-likeness (QED) is 0.888. The lowest BCUT2D eigenvalue weighted by atomic mass is 10.2. The van der Waals surface area contributed by atoms with Crippen molar-refractivity contribution in [2.75, 3.05) is 13.1 Å². The van der Waals surface area contributed by atoms with Crippen molar-refractivity contribution in [3.63, 3.8) is 0 Å². The first-order chi connectivity index (χ1) is 8.16. The molecule has 1 aromatic rings. The second kappa shape index (κ2) is 5.48. The molecule has 1 saturated carbocycles. The Morgan fingerprint density at radius 1 is 1.41 bits per heavy atom. The zero-order chi connectivity index (χ0) is 12.3. The lowest BCUT2D eigenvalue weighted by Gasteiger charge is -2.26. The molecule has 0 aromatic carbocycles. The van der Waals surface area contributed by atoms with Gasteiger partial charge in [0.15, 0.2) is 0 Å². The van der Waals surface area contributed by atoms with Crippen molar-refractivity contribution >= 4 is 21.4 Å². The molecule has 0 aliphatic heterocycles. The van der Waals surface area contributed by atoms with E-state index >= 15 is 0 Å². The van der Waals surface area contributed by atoms with Gasteiger partial charge in [-0.25, -0.2) is 8.42 Å². The van der Waals surface area contributed by atoms with E-state index < -0.39 is 10.0 Å². The first-order valence-corrected chi connectivity index (χ1v) is 8.23. The van der Waals surface area contributed by atoms with Crippen LogP contribution in [0.5, 0.6) is 0 Å². The van der Waals surface area contributed by atoms with Crippen LogP contribution in [-0.4, -0.2) is 31.9 Å². The number of thiophene rings is 1. The van der Waals surface area contributed by atoms with Gasteiger partial charge in [0.25, 0.3) is 10.0 Å². The monoisotopic (exact) mass is 274 g/mol. The Hall–Kier alpha value is -0.430. The van der Waals surface area contributed by atoms with E-state index in [1.807, 2.05) is 0 Å². The summed E-state index contributed by atoms with van der Waals surface area (Å²) in [4.78, 5) is 0. The van der Waals surface area contributed by atoms with Crippen molar-refractivity contribution in [1.82, 2.24) is 4.31 Å². The van der Waals surface area contributed by atoms with Crippen LogP contribution < -0.4 is 5.73 Å². The van der Waals surface area contributed by atoms with E-state index in [2.05, 4.69) is 0 Å². The Kier molecular flexibility index (Phi) is 4.19. The standard InChI is InChI=1S/C11H18N2O2S2/c12-7-8-13(10-4-1-2-5-10)17(14,15)11-6-3-9-16-11/h3,6,9-10H,1-2,4-5,7-8,12H2. The fourth-order valence-electron chi connectivity index (χ4n) is 2.34. The third-order valence-electron chi connectivity index (χ3n) is 3.14. The summed E-state index contributed by atoms with van der Waals surface area (Å²) in [5.41, 5.74) is 5.54. The average molecular weight is 274 g/mol. The van der Waals surface area contributed by atoms with Crippen molar-refractivity contribution in [3.8, 4) is 0 Å². The first-order valence-electron chi connectivity index (χ1n) is 5.91. The molecule has 2 N–H and O–H groups in total. The van der Waals surface area contributed by atoms with Gasteiger partial charge >= 0.3 is 0 Å². The van der Waals surface area contributed by atoms with Crippen molar-refractivity contribution in [1.29, 1.82) is 0 Å². The lowest BCUT2D eigenvalue weighted by molar-refractivity contribution is 0.329. The summed E-state index contributed by atoms with van der Waals surface area (Å²) in [7, 11) is -3.33. The maximum atomic E-state index is 12.5. The molecule has 4 nitrogen and oxygen atoms in total.